The molecule has 0 bridgehead atoms. The number of nitriles is 1. The maximum absolute atomic E-state index is 11.9. The highest BCUT2D eigenvalue weighted by Crippen LogP contribution is 2.31. The molecule has 0 aromatic carbocycles. The van der Waals surface area contributed by atoms with Crippen LogP contribution in [0.3, 0.4) is 0 Å². The molecule has 0 aliphatic heterocycles. The van der Waals surface area contributed by atoms with Gasteiger partial charge in [0.15, 0.2) is 0 Å². The van der Waals surface area contributed by atoms with Crippen molar-refractivity contribution in [1.82, 2.24) is 4.90 Å². The van der Waals surface area contributed by atoms with Crippen LogP contribution in [-0.4, -0.2) is 40.3 Å². The molecule has 1 saturated carbocycles. The van der Waals surface area contributed by atoms with E-state index < -0.39 is 24.2 Å². The number of carboxylic acid groups (broad SMARTS) is 1. The Labute approximate surface area is 106 Å². The van der Waals surface area contributed by atoms with Gasteiger partial charge in [-0.15, -0.1) is 0 Å². The first kappa shape index (κ1) is 14.3. The molecule has 1 aliphatic rings. The number of carbonyl (C=O) groups is 2. The van der Waals surface area contributed by atoms with E-state index in [0.717, 1.165) is 0 Å². The lowest BCUT2D eigenvalue weighted by Gasteiger charge is -2.39. The zero-order chi connectivity index (χ0) is 13.9. The molecule has 1 amide bonds. The van der Waals surface area contributed by atoms with Gasteiger partial charge < -0.3 is 9.84 Å². The molecule has 6 heteroatoms. The lowest BCUT2D eigenvalue weighted by molar-refractivity contribution is -0.139. The number of ether oxygens (including phenoxy) is 1. The SMILES string of the molecule is CC(C)(C)OC(=O)N(CC(=O)O)C1CC(C#N)C1. The van der Waals surface area contributed by atoms with Crippen molar-refractivity contribution in [2.45, 2.75) is 45.3 Å². The van der Waals surface area contributed by atoms with Crippen LogP contribution < -0.4 is 0 Å². The zero-order valence-electron chi connectivity index (χ0n) is 10.8. The highest BCUT2D eigenvalue weighted by Gasteiger charge is 2.38. The van der Waals surface area contributed by atoms with E-state index in [1.807, 2.05) is 0 Å². The van der Waals surface area contributed by atoms with Crippen LogP contribution in [-0.2, 0) is 9.53 Å². The largest absolute Gasteiger partial charge is 0.480 e. The number of amides is 1. The Bertz CT molecular complexity index is 375. The van der Waals surface area contributed by atoms with Gasteiger partial charge in [-0.05, 0) is 33.6 Å². The molecule has 1 rings (SSSR count). The van der Waals surface area contributed by atoms with E-state index in [2.05, 4.69) is 6.07 Å². The summed E-state index contributed by atoms with van der Waals surface area (Å²) >= 11 is 0. The van der Waals surface area contributed by atoms with Crippen LogP contribution in [0.15, 0.2) is 0 Å². The van der Waals surface area contributed by atoms with Crippen molar-refractivity contribution in [3.63, 3.8) is 0 Å². The minimum Gasteiger partial charge on any atom is -0.480 e. The van der Waals surface area contributed by atoms with E-state index in [9.17, 15) is 9.59 Å². The molecule has 0 saturated heterocycles. The zero-order valence-corrected chi connectivity index (χ0v) is 10.8. The molecule has 100 valence electrons. The maximum Gasteiger partial charge on any atom is 0.411 e. The van der Waals surface area contributed by atoms with Gasteiger partial charge >= 0.3 is 12.1 Å². The van der Waals surface area contributed by atoms with Gasteiger partial charge in [0.25, 0.3) is 0 Å². The molecule has 0 unspecified atom stereocenters. The van der Waals surface area contributed by atoms with Gasteiger partial charge in [0.05, 0.1) is 12.0 Å². The van der Waals surface area contributed by atoms with Crippen molar-refractivity contribution in [1.29, 1.82) is 5.26 Å². The van der Waals surface area contributed by atoms with Crippen LogP contribution >= 0.6 is 0 Å². The van der Waals surface area contributed by atoms with Gasteiger partial charge in [-0.2, -0.15) is 5.26 Å². The number of rotatable bonds is 3. The third-order valence-corrected chi connectivity index (χ3v) is 2.67. The summed E-state index contributed by atoms with van der Waals surface area (Å²) in [6, 6.07) is 1.89. The van der Waals surface area contributed by atoms with Crippen LogP contribution in [0.1, 0.15) is 33.6 Å². The fourth-order valence-electron chi connectivity index (χ4n) is 1.76. The molecule has 0 radical (unpaired) electrons. The predicted molar refractivity (Wildman–Crippen MR) is 62.7 cm³/mol. The Kier molecular flexibility index (Phi) is 4.17. The van der Waals surface area contributed by atoms with E-state index >= 15 is 0 Å². The smallest absolute Gasteiger partial charge is 0.411 e. The molecular formula is C12H18N2O4. The van der Waals surface area contributed by atoms with Gasteiger partial charge in [0.1, 0.15) is 12.1 Å². The van der Waals surface area contributed by atoms with Gasteiger partial charge in [-0.1, -0.05) is 0 Å². The van der Waals surface area contributed by atoms with Crippen LogP contribution in [0.5, 0.6) is 0 Å². The van der Waals surface area contributed by atoms with E-state index in [-0.39, 0.29) is 12.0 Å². The number of hydrogen-bond donors (Lipinski definition) is 1. The van der Waals surface area contributed by atoms with Crippen LogP contribution in [0.2, 0.25) is 0 Å². The molecule has 1 fully saturated rings. The quantitative estimate of drug-likeness (QED) is 0.826. The Hall–Kier alpha value is -1.77. The normalized spacial score (nSPS) is 22.6. The Balaban J connectivity index is 2.65. The fraction of sp³-hybridized carbons (Fsp3) is 0.750. The second-order valence-corrected chi connectivity index (χ2v) is 5.45. The van der Waals surface area contributed by atoms with Crippen LogP contribution in [0.4, 0.5) is 4.79 Å². The summed E-state index contributed by atoms with van der Waals surface area (Å²) in [5.41, 5.74) is -0.661. The summed E-state index contributed by atoms with van der Waals surface area (Å²) in [6.07, 6.45) is 0.401. The molecule has 6 nitrogen and oxygen atoms in total. The predicted octanol–water partition coefficient (Wildman–Crippen LogP) is 1.61. The molecule has 0 atom stereocenters. The van der Waals surface area contributed by atoms with Crippen molar-refractivity contribution in [3.8, 4) is 6.07 Å². The average molecular weight is 254 g/mol. The third-order valence-electron chi connectivity index (χ3n) is 2.67. The molecule has 0 aromatic heterocycles. The topological polar surface area (TPSA) is 90.6 Å². The molecule has 0 heterocycles. The lowest BCUT2D eigenvalue weighted by Crippen LogP contribution is -2.51. The number of hydrogen-bond acceptors (Lipinski definition) is 4. The number of aliphatic carboxylic acids is 1. The maximum atomic E-state index is 11.9. The Morgan fingerprint density at radius 1 is 1.44 bits per heavy atom. The molecule has 0 aromatic rings. The Morgan fingerprint density at radius 2 is 2.00 bits per heavy atom. The molecule has 0 spiro atoms. The fourth-order valence-corrected chi connectivity index (χ4v) is 1.76. The molecule has 18 heavy (non-hydrogen) atoms. The van der Waals surface area contributed by atoms with Crippen molar-refractivity contribution in [3.05, 3.63) is 0 Å². The minimum absolute atomic E-state index is 0.0891. The van der Waals surface area contributed by atoms with Crippen molar-refractivity contribution < 1.29 is 19.4 Å². The number of nitrogens with zero attached hydrogens (tertiary/aromatic N) is 2. The highest BCUT2D eigenvalue weighted by molar-refractivity contribution is 5.77. The summed E-state index contributed by atoms with van der Waals surface area (Å²) in [5.74, 6) is -1.17. The lowest BCUT2D eigenvalue weighted by atomic mass is 9.80. The molecule has 1 N–H and O–H groups in total. The van der Waals surface area contributed by atoms with Crippen LogP contribution in [0, 0.1) is 17.2 Å². The number of carboxylic acids is 1. The minimum atomic E-state index is -1.08. The van der Waals surface area contributed by atoms with E-state index in [4.69, 9.17) is 15.1 Å². The second kappa shape index (κ2) is 5.25. The Morgan fingerprint density at radius 3 is 2.39 bits per heavy atom. The van der Waals surface area contributed by atoms with Gasteiger partial charge in [-0.25, -0.2) is 4.79 Å². The van der Waals surface area contributed by atoms with E-state index in [1.165, 1.54) is 4.90 Å². The van der Waals surface area contributed by atoms with E-state index in [0.29, 0.717) is 12.8 Å². The van der Waals surface area contributed by atoms with Crippen molar-refractivity contribution in [2.75, 3.05) is 6.54 Å². The first-order chi connectivity index (χ1) is 8.23. The summed E-state index contributed by atoms with van der Waals surface area (Å²) in [7, 11) is 0. The summed E-state index contributed by atoms with van der Waals surface area (Å²) in [5, 5.41) is 17.5. The van der Waals surface area contributed by atoms with E-state index in [1.54, 1.807) is 20.8 Å². The van der Waals surface area contributed by atoms with Crippen molar-refractivity contribution >= 4 is 12.1 Å². The monoisotopic (exact) mass is 254 g/mol. The third kappa shape index (κ3) is 3.91. The van der Waals surface area contributed by atoms with Crippen molar-refractivity contribution in [2.24, 2.45) is 5.92 Å². The molecular weight excluding hydrogens is 236 g/mol. The van der Waals surface area contributed by atoms with Crippen LogP contribution in [0.25, 0.3) is 0 Å². The summed E-state index contributed by atoms with van der Waals surface area (Å²) in [4.78, 5) is 23.8. The first-order valence-corrected chi connectivity index (χ1v) is 5.84. The average Bonchev–Trinajstić information content (AvgIpc) is 2.10. The van der Waals surface area contributed by atoms with Gasteiger partial charge in [-0.3, -0.25) is 9.69 Å². The first-order valence-electron chi connectivity index (χ1n) is 5.84. The van der Waals surface area contributed by atoms with Gasteiger partial charge in [0.2, 0.25) is 0 Å². The van der Waals surface area contributed by atoms with Gasteiger partial charge in [0, 0.05) is 6.04 Å². The standard InChI is InChI=1S/C12H18N2O4/c1-12(2,3)18-11(17)14(7-10(15)16)9-4-8(5-9)6-13/h8-9H,4-5,7H2,1-3H3,(H,15,16). The number of carbonyl (C=O) groups excluding carboxylic acids is 1. The summed E-state index contributed by atoms with van der Waals surface area (Å²) in [6.45, 7) is 4.78. The molecule has 1 aliphatic carbocycles. The second-order valence-electron chi connectivity index (χ2n) is 5.45. The summed E-state index contributed by atoms with van der Waals surface area (Å²) < 4.78 is 5.17. The highest BCUT2D eigenvalue weighted by atomic mass is 16.6.